The molecule has 0 aliphatic heterocycles. The van der Waals surface area contributed by atoms with E-state index in [1.54, 1.807) is 17.8 Å². The molecule has 0 aliphatic carbocycles. The van der Waals surface area contributed by atoms with Crippen molar-refractivity contribution in [3.8, 4) is 0 Å². The summed E-state index contributed by atoms with van der Waals surface area (Å²) in [6.45, 7) is 5.83. The summed E-state index contributed by atoms with van der Waals surface area (Å²) >= 11 is 0. The second kappa shape index (κ2) is 3.74. The Morgan fingerprint density at radius 2 is 1.62 bits per heavy atom. The highest BCUT2D eigenvalue weighted by Gasteiger charge is 2.65. The van der Waals surface area contributed by atoms with Gasteiger partial charge in [-0.2, -0.15) is 0 Å². The van der Waals surface area contributed by atoms with Crippen LogP contribution in [0.5, 0.6) is 0 Å². The number of aryl methyl sites for hydroxylation is 1. The van der Waals surface area contributed by atoms with Gasteiger partial charge in [0.25, 0.3) is 0 Å². The molecule has 0 spiro atoms. The molecule has 21 heavy (non-hydrogen) atoms. The fourth-order valence-electron chi connectivity index (χ4n) is 2.40. The summed E-state index contributed by atoms with van der Waals surface area (Å²) < 4.78 is 66.4. The van der Waals surface area contributed by atoms with Gasteiger partial charge in [0, 0.05) is 24.1 Å². The third kappa shape index (κ3) is 3.51. The summed E-state index contributed by atoms with van der Waals surface area (Å²) in [5.41, 5.74) is 1.00. The van der Waals surface area contributed by atoms with Gasteiger partial charge in [-0.1, -0.05) is 40.2 Å². The number of aromatic nitrogens is 1. The normalized spacial score (nSPS) is 16.8. The maximum Gasteiger partial charge on any atom is 0.310 e. The number of rotatable bonds is 2. The fraction of sp³-hybridized carbons (Fsp3) is 0.429. The molecule has 1 heterocycles. The quantitative estimate of drug-likeness (QED) is 0.561. The number of benzene rings is 1. The number of halogens is 5. The van der Waals surface area contributed by atoms with E-state index in [4.69, 9.17) is 0 Å². The molecule has 0 bridgehead atoms. The van der Waals surface area contributed by atoms with Gasteiger partial charge < -0.3 is 4.57 Å². The zero-order valence-corrected chi connectivity index (χ0v) is 13.1. The first-order valence-corrected chi connectivity index (χ1v) is 8.34. The van der Waals surface area contributed by atoms with E-state index in [0.29, 0.717) is 29.6 Å². The van der Waals surface area contributed by atoms with Crippen LogP contribution in [0.25, 0.3) is 10.9 Å². The van der Waals surface area contributed by atoms with Gasteiger partial charge in [-0.15, -0.1) is 0 Å². The number of fused-ring (bicyclic) bond motifs is 1. The topological polar surface area (TPSA) is 4.93 Å². The van der Waals surface area contributed by atoms with Crippen molar-refractivity contribution in [2.75, 3.05) is 0 Å². The van der Waals surface area contributed by atoms with E-state index in [1.807, 2.05) is 20.8 Å². The molecule has 0 unspecified atom stereocenters. The highest BCUT2D eigenvalue weighted by Crippen LogP contribution is 3.02. The maximum atomic E-state index is 12.9. The van der Waals surface area contributed by atoms with Gasteiger partial charge in [0.1, 0.15) is 4.90 Å². The van der Waals surface area contributed by atoms with E-state index < -0.39 is 15.1 Å². The van der Waals surface area contributed by atoms with Crippen LogP contribution < -0.4 is 0 Å². The minimum absolute atomic E-state index is 0.154. The number of hydrogen-bond donors (Lipinski definition) is 0. The van der Waals surface area contributed by atoms with Crippen LogP contribution >= 0.6 is 10.2 Å². The van der Waals surface area contributed by atoms with Gasteiger partial charge >= 0.3 is 10.2 Å². The van der Waals surface area contributed by atoms with Crippen molar-refractivity contribution in [1.82, 2.24) is 4.57 Å². The molecule has 120 valence electrons. The van der Waals surface area contributed by atoms with Crippen LogP contribution in [0.4, 0.5) is 19.4 Å². The molecule has 2 rings (SSSR count). The molecular formula is C14H18F5NS. The van der Waals surface area contributed by atoms with Crippen LogP contribution in [0.15, 0.2) is 29.3 Å². The number of hydrogen-bond acceptors (Lipinski definition) is 0. The van der Waals surface area contributed by atoms with Crippen LogP contribution in [0.2, 0.25) is 0 Å². The Morgan fingerprint density at radius 3 is 2.10 bits per heavy atom. The molecule has 0 radical (unpaired) electrons. The number of nitrogens with zero attached hydrogens (tertiary/aromatic N) is 1. The molecule has 1 aromatic heterocycles. The van der Waals surface area contributed by atoms with Crippen LogP contribution in [0.1, 0.15) is 26.3 Å². The Balaban J connectivity index is 2.71. The third-order valence-electron chi connectivity index (χ3n) is 3.21. The molecular weight excluding hydrogens is 309 g/mol. The van der Waals surface area contributed by atoms with E-state index >= 15 is 0 Å². The van der Waals surface area contributed by atoms with E-state index in [9.17, 15) is 19.4 Å². The maximum absolute atomic E-state index is 12.9. The highest BCUT2D eigenvalue weighted by atomic mass is 32.5. The lowest BCUT2D eigenvalue weighted by atomic mass is 9.88. The van der Waals surface area contributed by atoms with Crippen LogP contribution in [0.3, 0.4) is 0 Å². The van der Waals surface area contributed by atoms with Gasteiger partial charge in [0.05, 0.1) is 0 Å². The molecule has 1 nitrogen and oxygen atoms in total. The van der Waals surface area contributed by atoms with Crippen molar-refractivity contribution in [3.63, 3.8) is 0 Å². The van der Waals surface area contributed by atoms with E-state index in [0.717, 1.165) is 6.07 Å². The molecule has 0 atom stereocenters. The van der Waals surface area contributed by atoms with Crippen molar-refractivity contribution in [2.45, 2.75) is 32.1 Å². The molecule has 0 aliphatic rings. The molecule has 0 fully saturated rings. The van der Waals surface area contributed by atoms with Gasteiger partial charge in [-0.3, -0.25) is 0 Å². The summed E-state index contributed by atoms with van der Waals surface area (Å²) in [7, 11) is -7.95. The average Bonchev–Trinajstić information content (AvgIpc) is 2.50. The zero-order chi connectivity index (χ0) is 16.3. The lowest BCUT2D eigenvalue weighted by Crippen LogP contribution is -2.09. The molecule has 7 heteroatoms. The van der Waals surface area contributed by atoms with Gasteiger partial charge in [0.15, 0.2) is 0 Å². The van der Waals surface area contributed by atoms with Gasteiger partial charge in [0.2, 0.25) is 0 Å². The van der Waals surface area contributed by atoms with E-state index in [1.165, 1.54) is 0 Å². The highest BCUT2D eigenvalue weighted by molar-refractivity contribution is 8.45. The lowest BCUT2D eigenvalue weighted by Gasteiger charge is -2.40. The fourth-order valence-corrected chi connectivity index (χ4v) is 3.07. The van der Waals surface area contributed by atoms with E-state index in [-0.39, 0.29) is 10.8 Å². The Hall–Kier alpha value is -1.24. The largest absolute Gasteiger partial charge is 0.350 e. The van der Waals surface area contributed by atoms with Crippen molar-refractivity contribution in [3.05, 3.63) is 30.0 Å². The van der Waals surface area contributed by atoms with Crippen LogP contribution in [-0.2, 0) is 13.5 Å². The summed E-state index contributed by atoms with van der Waals surface area (Å²) in [5.74, 6) is 0. The predicted molar refractivity (Wildman–Crippen MR) is 77.5 cm³/mol. The third-order valence-corrected chi connectivity index (χ3v) is 4.35. The van der Waals surface area contributed by atoms with Gasteiger partial charge in [-0.05, 0) is 35.6 Å². The lowest BCUT2D eigenvalue weighted by molar-refractivity contribution is 0.364. The minimum Gasteiger partial charge on any atom is -0.350 e. The molecule has 0 N–H and O–H groups in total. The van der Waals surface area contributed by atoms with Crippen LogP contribution in [0, 0.1) is 5.41 Å². The standard InChI is InChI=1S/C14H18F5NS/c1-14(2,3)8-10-9-20(4)13-6-5-11(7-12(10)13)21(15,16,17,18)19/h5-7,9H,8H2,1-4H3. The first kappa shape index (κ1) is 16.1. The summed E-state index contributed by atoms with van der Waals surface area (Å²) in [4.78, 5) is -1.83. The van der Waals surface area contributed by atoms with Crippen molar-refractivity contribution in [1.29, 1.82) is 0 Å². The minimum atomic E-state index is -9.64. The van der Waals surface area contributed by atoms with Crippen molar-refractivity contribution >= 4 is 21.1 Å². The zero-order valence-electron chi connectivity index (χ0n) is 12.3. The Morgan fingerprint density at radius 1 is 1.05 bits per heavy atom. The van der Waals surface area contributed by atoms with E-state index in [2.05, 4.69) is 0 Å². The van der Waals surface area contributed by atoms with Crippen molar-refractivity contribution in [2.24, 2.45) is 12.5 Å². The van der Waals surface area contributed by atoms with Gasteiger partial charge in [-0.25, -0.2) is 0 Å². The SMILES string of the molecule is Cn1cc(CC(C)(C)C)c2cc(S(F)(F)(F)(F)F)ccc21. The Labute approximate surface area is 120 Å². The molecule has 1 aromatic carbocycles. The molecule has 2 aromatic rings. The molecule has 0 saturated heterocycles. The molecule has 0 amide bonds. The van der Waals surface area contributed by atoms with Crippen LogP contribution in [-0.4, -0.2) is 4.57 Å². The Bertz CT molecular complexity index is 707. The summed E-state index contributed by atoms with van der Waals surface area (Å²) in [5, 5.41) is 0.234. The first-order chi connectivity index (χ1) is 9.07. The van der Waals surface area contributed by atoms with Crippen molar-refractivity contribution < 1.29 is 19.4 Å². The average molecular weight is 327 g/mol. The second-order valence-electron chi connectivity index (χ2n) is 6.65. The summed E-state index contributed by atoms with van der Waals surface area (Å²) in [6, 6.07) is 2.15. The molecule has 0 saturated carbocycles. The smallest absolute Gasteiger partial charge is 0.310 e. The first-order valence-electron chi connectivity index (χ1n) is 6.39. The second-order valence-corrected chi connectivity index (χ2v) is 9.06. The monoisotopic (exact) mass is 327 g/mol. The Kier molecular flexibility index (Phi) is 2.88. The predicted octanol–water partition coefficient (Wildman–Crippen LogP) is 6.42. The summed E-state index contributed by atoms with van der Waals surface area (Å²) in [6.07, 6.45) is 2.21.